The van der Waals surface area contributed by atoms with Crippen LogP contribution in [0.5, 0.6) is 11.5 Å². The Morgan fingerprint density at radius 2 is 2.05 bits per heavy atom. The van der Waals surface area contributed by atoms with E-state index in [1.807, 2.05) is 31.2 Å². The van der Waals surface area contributed by atoms with Gasteiger partial charge in [0.15, 0.2) is 11.5 Å². The Morgan fingerprint density at radius 1 is 1.33 bits per heavy atom. The van der Waals surface area contributed by atoms with E-state index in [0.717, 1.165) is 13.0 Å². The predicted molar refractivity (Wildman–Crippen MR) is 79.9 cm³/mol. The molecule has 0 amide bonds. The van der Waals surface area contributed by atoms with Crippen molar-refractivity contribution in [2.24, 2.45) is 5.41 Å². The van der Waals surface area contributed by atoms with E-state index in [1.54, 1.807) is 0 Å². The number of benzene rings is 1. The summed E-state index contributed by atoms with van der Waals surface area (Å²) in [4.78, 5) is 11.6. The Kier molecular flexibility index (Phi) is 5.44. The molecule has 0 radical (unpaired) electrons. The van der Waals surface area contributed by atoms with Crippen molar-refractivity contribution in [3.05, 3.63) is 24.3 Å². The molecule has 2 rings (SSSR count). The molecule has 1 atom stereocenters. The van der Waals surface area contributed by atoms with E-state index in [2.05, 4.69) is 5.32 Å². The maximum absolute atomic E-state index is 11.6. The van der Waals surface area contributed by atoms with E-state index < -0.39 is 11.4 Å². The lowest BCUT2D eigenvalue weighted by molar-refractivity contribution is -0.151. The van der Waals surface area contributed by atoms with Gasteiger partial charge in [-0.05, 0) is 44.9 Å². The third-order valence-electron chi connectivity index (χ3n) is 3.91. The van der Waals surface area contributed by atoms with Gasteiger partial charge in [-0.2, -0.15) is 0 Å². The monoisotopic (exact) mass is 293 g/mol. The Morgan fingerprint density at radius 3 is 2.62 bits per heavy atom. The summed E-state index contributed by atoms with van der Waals surface area (Å²) in [5.41, 5.74) is -0.710. The Hall–Kier alpha value is -1.75. The zero-order chi connectivity index (χ0) is 15.1. The third-order valence-corrected chi connectivity index (χ3v) is 3.91. The summed E-state index contributed by atoms with van der Waals surface area (Å²) in [5.74, 6) is 0.631. The fourth-order valence-electron chi connectivity index (χ4n) is 2.67. The second kappa shape index (κ2) is 7.31. The summed E-state index contributed by atoms with van der Waals surface area (Å²) in [6, 6.07) is 7.47. The number of ether oxygens (including phenoxy) is 2. The lowest BCUT2D eigenvalue weighted by atomic mass is 9.78. The highest BCUT2D eigenvalue weighted by atomic mass is 16.5. The van der Waals surface area contributed by atoms with Crippen LogP contribution in [0.3, 0.4) is 0 Å². The predicted octanol–water partition coefficient (Wildman–Crippen LogP) is 2.31. The van der Waals surface area contributed by atoms with Crippen LogP contribution < -0.4 is 14.8 Å². The van der Waals surface area contributed by atoms with Gasteiger partial charge < -0.3 is 19.9 Å². The van der Waals surface area contributed by atoms with Crippen LogP contribution in [0.2, 0.25) is 0 Å². The molecule has 5 heteroatoms. The van der Waals surface area contributed by atoms with Gasteiger partial charge in [-0.25, -0.2) is 0 Å². The second-order valence-corrected chi connectivity index (χ2v) is 5.34. The van der Waals surface area contributed by atoms with E-state index in [-0.39, 0.29) is 0 Å². The zero-order valence-corrected chi connectivity index (χ0v) is 12.4. The van der Waals surface area contributed by atoms with E-state index >= 15 is 0 Å². The molecule has 0 aliphatic carbocycles. The zero-order valence-electron chi connectivity index (χ0n) is 12.4. The Labute approximate surface area is 125 Å². The number of aliphatic carboxylic acids is 1. The van der Waals surface area contributed by atoms with Crippen molar-refractivity contribution in [2.75, 3.05) is 26.3 Å². The summed E-state index contributed by atoms with van der Waals surface area (Å²) < 4.78 is 11.2. The van der Waals surface area contributed by atoms with Gasteiger partial charge in [-0.15, -0.1) is 0 Å². The highest BCUT2D eigenvalue weighted by Gasteiger charge is 2.39. The van der Waals surface area contributed by atoms with Crippen LogP contribution in [0.4, 0.5) is 0 Å². The number of nitrogens with one attached hydrogen (secondary N) is 1. The molecule has 0 aromatic heterocycles. The van der Waals surface area contributed by atoms with E-state index in [0.29, 0.717) is 44.1 Å². The fourth-order valence-corrected chi connectivity index (χ4v) is 2.67. The molecule has 2 N–H and O–H groups in total. The first kappa shape index (κ1) is 15.6. The molecule has 1 saturated heterocycles. The molecule has 1 unspecified atom stereocenters. The van der Waals surface area contributed by atoms with Crippen LogP contribution >= 0.6 is 0 Å². The van der Waals surface area contributed by atoms with E-state index in [4.69, 9.17) is 9.47 Å². The van der Waals surface area contributed by atoms with Gasteiger partial charge in [0.2, 0.25) is 0 Å². The quantitative estimate of drug-likeness (QED) is 0.807. The summed E-state index contributed by atoms with van der Waals surface area (Å²) in [5, 5.41) is 12.7. The standard InChI is InChI=1S/C16H23NO4/c1-2-20-13-6-3-4-7-14(13)21-11-9-16(15(18)19)8-5-10-17-12-16/h3-4,6-7,17H,2,5,8-12H2,1H3,(H,18,19). The van der Waals surface area contributed by atoms with Crippen molar-refractivity contribution in [3.63, 3.8) is 0 Å². The van der Waals surface area contributed by atoms with Gasteiger partial charge in [0.05, 0.1) is 18.6 Å². The van der Waals surface area contributed by atoms with Gasteiger partial charge in [0.1, 0.15) is 0 Å². The highest BCUT2D eigenvalue weighted by Crippen LogP contribution is 2.32. The minimum atomic E-state index is -0.739. The molecule has 0 saturated carbocycles. The maximum atomic E-state index is 11.6. The second-order valence-electron chi connectivity index (χ2n) is 5.34. The molecule has 0 bridgehead atoms. The van der Waals surface area contributed by atoms with Gasteiger partial charge in [0.25, 0.3) is 0 Å². The van der Waals surface area contributed by atoms with Gasteiger partial charge in [-0.1, -0.05) is 12.1 Å². The maximum Gasteiger partial charge on any atom is 0.311 e. The van der Waals surface area contributed by atoms with Gasteiger partial charge in [-0.3, -0.25) is 4.79 Å². The first-order valence-corrected chi connectivity index (χ1v) is 7.47. The van der Waals surface area contributed by atoms with Gasteiger partial charge >= 0.3 is 5.97 Å². The van der Waals surface area contributed by atoms with E-state index in [1.165, 1.54) is 0 Å². The first-order valence-electron chi connectivity index (χ1n) is 7.47. The lowest BCUT2D eigenvalue weighted by Crippen LogP contribution is -2.46. The molecule has 1 heterocycles. The Bertz CT molecular complexity index is 469. The molecule has 1 aromatic carbocycles. The van der Waals surface area contributed by atoms with Crippen molar-refractivity contribution in [3.8, 4) is 11.5 Å². The average molecular weight is 293 g/mol. The number of piperidine rings is 1. The van der Waals surface area contributed by atoms with Crippen LogP contribution in [-0.4, -0.2) is 37.4 Å². The Balaban J connectivity index is 1.95. The summed E-state index contributed by atoms with van der Waals surface area (Å²) in [6.45, 7) is 4.27. The van der Waals surface area contributed by atoms with Crippen LogP contribution in [0, 0.1) is 5.41 Å². The molecule has 1 aliphatic heterocycles. The van der Waals surface area contributed by atoms with Crippen molar-refractivity contribution in [1.82, 2.24) is 5.32 Å². The number of hydrogen-bond acceptors (Lipinski definition) is 4. The minimum absolute atomic E-state index is 0.373. The number of para-hydroxylation sites is 2. The number of carbonyl (C=O) groups is 1. The molecular formula is C16H23NO4. The van der Waals surface area contributed by atoms with Crippen molar-refractivity contribution in [1.29, 1.82) is 0 Å². The van der Waals surface area contributed by atoms with Crippen LogP contribution in [0.1, 0.15) is 26.2 Å². The average Bonchev–Trinajstić information content (AvgIpc) is 2.50. The molecular weight excluding hydrogens is 270 g/mol. The fraction of sp³-hybridized carbons (Fsp3) is 0.562. The number of rotatable bonds is 7. The third kappa shape index (κ3) is 3.88. The smallest absolute Gasteiger partial charge is 0.311 e. The molecule has 116 valence electrons. The normalized spacial score (nSPS) is 21.8. The number of carboxylic acid groups (broad SMARTS) is 1. The summed E-state index contributed by atoms with van der Waals surface area (Å²) in [7, 11) is 0. The van der Waals surface area contributed by atoms with Crippen LogP contribution in [-0.2, 0) is 4.79 Å². The minimum Gasteiger partial charge on any atom is -0.490 e. The van der Waals surface area contributed by atoms with Crippen molar-refractivity contribution < 1.29 is 19.4 Å². The molecule has 1 aliphatic rings. The molecule has 5 nitrogen and oxygen atoms in total. The molecule has 0 spiro atoms. The first-order chi connectivity index (χ1) is 10.2. The van der Waals surface area contributed by atoms with E-state index in [9.17, 15) is 9.90 Å². The molecule has 1 aromatic rings. The lowest BCUT2D eigenvalue weighted by Gasteiger charge is -2.33. The number of carboxylic acids is 1. The van der Waals surface area contributed by atoms with Crippen LogP contribution in [0.15, 0.2) is 24.3 Å². The van der Waals surface area contributed by atoms with Crippen molar-refractivity contribution in [2.45, 2.75) is 26.2 Å². The summed E-state index contributed by atoms with van der Waals surface area (Å²) >= 11 is 0. The van der Waals surface area contributed by atoms with Gasteiger partial charge in [0, 0.05) is 6.54 Å². The SMILES string of the molecule is CCOc1ccccc1OCCC1(C(=O)O)CCCNC1. The van der Waals surface area contributed by atoms with Crippen molar-refractivity contribution >= 4 is 5.97 Å². The topological polar surface area (TPSA) is 67.8 Å². The molecule has 1 fully saturated rings. The largest absolute Gasteiger partial charge is 0.490 e. The summed E-state index contributed by atoms with van der Waals surface area (Å²) in [6.07, 6.45) is 2.09. The molecule has 21 heavy (non-hydrogen) atoms. The number of hydrogen-bond donors (Lipinski definition) is 2. The van der Waals surface area contributed by atoms with Crippen LogP contribution in [0.25, 0.3) is 0 Å². The highest BCUT2D eigenvalue weighted by molar-refractivity contribution is 5.75.